The molecule has 0 saturated carbocycles. The van der Waals surface area contributed by atoms with Crippen LogP contribution in [-0.4, -0.2) is 37.4 Å². The van der Waals surface area contributed by atoms with E-state index in [0.717, 1.165) is 11.4 Å². The van der Waals surface area contributed by atoms with E-state index in [0.29, 0.717) is 6.54 Å². The highest BCUT2D eigenvalue weighted by Crippen LogP contribution is 2.01. The van der Waals surface area contributed by atoms with Crippen molar-refractivity contribution in [3.63, 3.8) is 0 Å². The fourth-order valence-electron chi connectivity index (χ4n) is 1.69. The summed E-state index contributed by atoms with van der Waals surface area (Å²) in [7, 11) is 3.63. The Morgan fingerprint density at radius 2 is 2.11 bits per heavy atom. The first-order chi connectivity index (χ1) is 8.54. The van der Waals surface area contributed by atoms with E-state index in [2.05, 4.69) is 10.2 Å². The zero-order valence-electron chi connectivity index (χ0n) is 10.9. The lowest BCUT2D eigenvalue weighted by molar-refractivity contribution is -0.131. The summed E-state index contributed by atoms with van der Waals surface area (Å²) in [6, 6.07) is 3.79. The molecule has 6 heteroatoms. The summed E-state index contributed by atoms with van der Waals surface area (Å²) in [5.41, 5.74) is 1.79. The predicted octanol–water partition coefficient (Wildman–Crippen LogP) is 0.584. The van der Waals surface area contributed by atoms with E-state index in [1.165, 1.54) is 0 Å². The zero-order valence-corrected chi connectivity index (χ0v) is 10.9. The van der Waals surface area contributed by atoms with Crippen molar-refractivity contribution in [3.05, 3.63) is 35.9 Å². The van der Waals surface area contributed by atoms with Crippen LogP contribution in [0, 0.1) is 6.92 Å². The molecular formula is C12H17N5O. The molecule has 0 unspecified atom stereocenters. The summed E-state index contributed by atoms with van der Waals surface area (Å²) in [5.74, 6) is 0.0174. The lowest BCUT2D eigenvalue weighted by Gasteiger charge is -2.15. The number of hydrogen-bond acceptors (Lipinski definition) is 3. The smallest absolute Gasteiger partial charge is 0.244 e. The first kappa shape index (κ1) is 12.3. The minimum absolute atomic E-state index is 0.0174. The van der Waals surface area contributed by atoms with E-state index < -0.39 is 0 Å². The molecule has 0 aromatic carbocycles. The van der Waals surface area contributed by atoms with Crippen molar-refractivity contribution in [2.75, 3.05) is 7.05 Å². The van der Waals surface area contributed by atoms with Crippen LogP contribution in [-0.2, 0) is 24.9 Å². The van der Waals surface area contributed by atoms with Crippen molar-refractivity contribution < 1.29 is 4.79 Å². The normalized spacial score (nSPS) is 10.6. The fourth-order valence-corrected chi connectivity index (χ4v) is 1.69. The summed E-state index contributed by atoms with van der Waals surface area (Å²) in [6.45, 7) is 2.68. The summed E-state index contributed by atoms with van der Waals surface area (Å²) in [4.78, 5) is 13.6. The molecule has 2 heterocycles. The molecule has 96 valence electrons. The van der Waals surface area contributed by atoms with Gasteiger partial charge in [0.1, 0.15) is 6.54 Å². The average molecular weight is 247 g/mol. The van der Waals surface area contributed by atoms with Crippen molar-refractivity contribution in [1.29, 1.82) is 0 Å². The molecule has 0 fully saturated rings. The van der Waals surface area contributed by atoms with Crippen LogP contribution in [0.25, 0.3) is 0 Å². The van der Waals surface area contributed by atoms with Crippen molar-refractivity contribution in [2.24, 2.45) is 7.05 Å². The Morgan fingerprint density at radius 3 is 2.67 bits per heavy atom. The van der Waals surface area contributed by atoms with Gasteiger partial charge in [-0.25, -0.2) is 0 Å². The standard InChI is InChI=1S/C12H17N5O/c1-10-4-7-17(13-10)9-12(18)15(2)8-11-5-6-16(3)14-11/h4-7H,8-9H2,1-3H3. The van der Waals surface area contributed by atoms with Gasteiger partial charge in [-0.1, -0.05) is 0 Å². The number of carbonyl (C=O) groups is 1. The molecule has 0 aliphatic heterocycles. The van der Waals surface area contributed by atoms with E-state index in [9.17, 15) is 4.79 Å². The van der Waals surface area contributed by atoms with Crippen molar-refractivity contribution in [2.45, 2.75) is 20.0 Å². The topological polar surface area (TPSA) is 56.0 Å². The molecule has 2 aromatic rings. The van der Waals surface area contributed by atoms with Crippen LogP contribution in [0.1, 0.15) is 11.4 Å². The molecule has 2 rings (SSSR count). The summed E-state index contributed by atoms with van der Waals surface area (Å²) >= 11 is 0. The zero-order chi connectivity index (χ0) is 13.1. The summed E-state index contributed by atoms with van der Waals surface area (Å²) in [6.07, 6.45) is 3.67. The van der Waals surface area contributed by atoms with Gasteiger partial charge in [-0.2, -0.15) is 10.2 Å². The first-order valence-electron chi connectivity index (χ1n) is 5.77. The van der Waals surface area contributed by atoms with E-state index in [4.69, 9.17) is 0 Å². The Labute approximate surface area is 106 Å². The third-order valence-electron chi connectivity index (χ3n) is 2.67. The minimum Gasteiger partial charge on any atom is -0.338 e. The van der Waals surface area contributed by atoms with Gasteiger partial charge in [0.15, 0.2) is 0 Å². The Bertz CT molecular complexity index is 542. The highest BCUT2D eigenvalue weighted by atomic mass is 16.2. The molecule has 0 aliphatic rings. The van der Waals surface area contributed by atoms with Gasteiger partial charge in [0, 0.05) is 26.5 Å². The monoisotopic (exact) mass is 247 g/mol. The number of aromatic nitrogens is 4. The van der Waals surface area contributed by atoms with Crippen LogP contribution in [0.3, 0.4) is 0 Å². The van der Waals surface area contributed by atoms with Gasteiger partial charge in [-0.3, -0.25) is 14.2 Å². The number of aryl methyl sites for hydroxylation is 2. The maximum absolute atomic E-state index is 12.0. The Morgan fingerprint density at radius 1 is 1.33 bits per heavy atom. The van der Waals surface area contributed by atoms with Crippen molar-refractivity contribution in [3.8, 4) is 0 Å². The maximum Gasteiger partial charge on any atom is 0.244 e. The Balaban J connectivity index is 1.92. The van der Waals surface area contributed by atoms with Crippen molar-refractivity contribution >= 4 is 5.91 Å². The quantitative estimate of drug-likeness (QED) is 0.794. The number of nitrogens with zero attached hydrogens (tertiary/aromatic N) is 5. The second-order valence-electron chi connectivity index (χ2n) is 4.39. The van der Waals surface area contributed by atoms with Gasteiger partial charge in [-0.05, 0) is 19.1 Å². The highest BCUT2D eigenvalue weighted by molar-refractivity contribution is 5.75. The third kappa shape index (κ3) is 2.97. The van der Waals surface area contributed by atoms with Crippen LogP contribution in [0.5, 0.6) is 0 Å². The number of amides is 1. The average Bonchev–Trinajstić information content (AvgIpc) is 2.88. The van der Waals surface area contributed by atoms with Gasteiger partial charge in [-0.15, -0.1) is 0 Å². The van der Waals surface area contributed by atoms with E-state index in [-0.39, 0.29) is 12.5 Å². The first-order valence-corrected chi connectivity index (χ1v) is 5.77. The number of carbonyl (C=O) groups excluding carboxylic acids is 1. The molecule has 2 aromatic heterocycles. The maximum atomic E-state index is 12.0. The fraction of sp³-hybridized carbons (Fsp3) is 0.417. The summed E-state index contributed by atoms with van der Waals surface area (Å²) in [5, 5.41) is 8.44. The largest absolute Gasteiger partial charge is 0.338 e. The van der Waals surface area contributed by atoms with Crippen LogP contribution < -0.4 is 0 Å². The molecule has 1 amide bonds. The van der Waals surface area contributed by atoms with Crippen LogP contribution in [0.4, 0.5) is 0 Å². The Hall–Kier alpha value is -2.11. The lowest BCUT2D eigenvalue weighted by Crippen LogP contribution is -2.30. The molecule has 0 aliphatic carbocycles. The van der Waals surface area contributed by atoms with Gasteiger partial charge < -0.3 is 4.90 Å². The highest BCUT2D eigenvalue weighted by Gasteiger charge is 2.11. The number of hydrogen-bond donors (Lipinski definition) is 0. The molecule has 0 spiro atoms. The minimum atomic E-state index is 0.0174. The number of rotatable bonds is 4. The van der Waals surface area contributed by atoms with Gasteiger partial charge in [0.05, 0.1) is 17.9 Å². The molecule has 0 radical (unpaired) electrons. The van der Waals surface area contributed by atoms with E-state index >= 15 is 0 Å². The second kappa shape index (κ2) is 5.03. The predicted molar refractivity (Wildman–Crippen MR) is 66.6 cm³/mol. The molecule has 18 heavy (non-hydrogen) atoms. The molecule has 0 N–H and O–H groups in total. The third-order valence-corrected chi connectivity index (χ3v) is 2.67. The Kier molecular flexibility index (Phi) is 3.45. The van der Waals surface area contributed by atoms with Crippen LogP contribution in [0.2, 0.25) is 0 Å². The molecule has 0 atom stereocenters. The van der Waals surface area contributed by atoms with Gasteiger partial charge in [0.25, 0.3) is 0 Å². The van der Waals surface area contributed by atoms with Crippen LogP contribution >= 0.6 is 0 Å². The van der Waals surface area contributed by atoms with Crippen LogP contribution in [0.15, 0.2) is 24.5 Å². The van der Waals surface area contributed by atoms with E-state index in [1.807, 2.05) is 38.5 Å². The SMILES string of the molecule is Cc1ccn(CC(=O)N(C)Cc2ccn(C)n2)n1. The van der Waals surface area contributed by atoms with E-state index in [1.54, 1.807) is 21.3 Å². The molecule has 6 nitrogen and oxygen atoms in total. The van der Waals surface area contributed by atoms with Crippen molar-refractivity contribution in [1.82, 2.24) is 24.5 Å². The lowest BCUT2D eigenvalue weighted by atomic mass is 10.4. The molecule has 0 saturated heterocycles. The second-order valence-corrected chi connectivity index (χ2v) is 4.39. The van der Waals surface area contributed by atoms with Gasteiger partial charge >= 0.3 is 0 Å². The molecular weight excluding hydrogens is 230 g/mol. The molecule has 0 bridgehead atoms. The number of likely N-dealkylation sites (N-methyl/N-ethyl adjacent to an activating group) is 1. The van der Waals surface area contributed by atoms with Gasteiger partial charge in [0.2, 0.25) is 5.91 Å². The summed E-state index contributed by atoms with van der Waals surface area (Å²) < 4.78 is 3.37.